The highest BCUT2D eigenvalue weighted by Crippen LogP contribution is 2.33. The number of amides is 1. The number of anilines is 1. The molecule has 0 aromatic heterocycles. The van der Waals surface area contributed by atoms with Crippen LogP contribution in [0.15, 0.2) is 18.2 Å². The molecule has 1 rings (SSSR count). The van der Waals surface area contributed by atoms with Crippen molar-refractivity contribution in [3.63, 3.8) is 0 Å². The first-order valence-corrected chi connectivity index (χ1v) is 6.96. The number of phenols is 1. The number of carbonyl (C=O) groups excluding carboxylic acids is 1. The molecule has 0 saturated carbocycles. The van der Waals surface area contributed by atoms with Crippen LogP contribution in [0.3, 0.4) is 0 Å². The SMILES string of the molecule is CC(C)(C)OC(=O)Nc1ccc(C(C)(C)CC(=O)O)cc1O. The highest BCUT2D eigenvalue weighted by atomic mass is 16.6. The summed E-state index contributed by atoms with van der Waals surface area (Å²) in [5, 5.41) is 21.4. The summed E-state index contributed by atoms with van der Waals surface area (Å²) < 4.78 is 5.11. The van der Waals surface area contributed by atoms with E-state index in [0.717, 1.165) is 0 Å². The Labute approximate surface area is 130 Å². The Kier molecular flexibility index (Phi) is 5.06. The van der Waals surface area contributed by atoms with Crippen molar-refractivity contribution in [2.24, 2.45) is 0 Å². The van der Waals surface area contributed by atoms with Gasteiger partial charge in [-0.3, -0.25) is 10.1 Å². The van der Waals surface area contributed by atoms with E-state index in [9.17, 15) is 14.7 Å². The number of nitrogens with one attached hydrogen (secondary N) is 1. The Morgan fingerprint density at radius 3 is 2.23 bits per heavy atom. The maximum atomic E-state index is 11.7. The van der Waals surface area contributed by atoms with Crippen molar-refractivity contribution in [2.75, 3.05) is 5.32 Å². The fraction of sp³-hybridized carbons (Fsp3) is 0.500. The lowest BCUT2D eigenvalue weighted by Crippen LogP contribution is -2.27. The van der Waals surface area contributed by atoms with E-state index in [2.05, 4.69) is 5.32 Å². The van der Waals surface area contributed by atoms with Crippen LogP contribution in [0.5, 0.6) is 5.75 Å². The summed E-state index contributed by atoms with van der Waals surface area (Å²) in [6.45, 7) is 8.77. The van der Waals surface area contributed by atoms with Gasteiger partial charge in [0.25, 0.3) is 0 Å². The Bertz CT molecular complexity index is 572. The molecule has 0 spiro atoms. The molecular weight excluding hydrogens is 286 g/mol. The average Bonchev–Trinajstić information content (AvgIpc) is 2.27. The first kappa shape index (κ1) is 17.8. The van der Waals surface area contributed by atoms with Gasteiger partial charge in [0.05, 0.1) is 12.1 Å². The molecule has 3 N–H and O–H groups in total. The predicted molar refractivity (Wildman–Crippen MR) is 83.2 cm³/mol. The molecule has 0 radical (unpaired) electrons. The van der Waals surface area contributed by atoms with E-state index in [1.165, 1.54) is 12.1 Å². The standard InChI is InChI=1S/C16H23NO5/c1-15(2,3)22-14(21)17-11-7-6-10(8-12(11)18)16(4,5)9-13(19)20/h6-8,18H,9H2,1-5H3,(H,17,21)(H,19,20). The van der Waals surface area contributed by atoms with Gasteiger partial charge in [0.1, 0.15) is 11.4 Å². The van der Waals surface area contributed by atoms with Crippen molar-refractivity contribution in [1.29, 1.82) is 0 Å². The molecule has 0 bridgehead atoms. The topological polar surface area (TPSA) is 95.9 Å². The minimum Gasteiger partial charge on any atom is -0.506 e. The van der Waals surface area contributed by atoms with Crippen LogP contribution in [-0.2, 0) is 14.9 Å². The minimum atomic E-state index is -0.916. The number of rotatable bonds is 4. The molecule has 1 amide bonds. The summed E-state index contributed by atoms with van der Waals surface area (Å²) in [6.07, 6.45) is -0.731. The second-order valence-corrected chi connectivity index (χ2v) is 6.81. The van der Waals surface area contributed by atoms with Gasteiger partial charge < -0.3 is 14.9 Å². The van der Waals surface area contributed by atoms with Crippen molar-refractivity contribution in [2.45, 2.75) is 52.1 Å². The molecule has 122 valence electrons. The quantitative estimate of drug-likeness (QED) is 0.740. The lowest BCUT2D eigenvalue weighted by Gasteiger charge is -2.24. The number of hydrogen-bond acceptors (Lipinski definition) is 4. The van der Waals surface area contributed by atoms with Crippen LogP contribution in [0.4, 0.5) is 10.5 Å². The maximum Gasteiger partial charge on any atom is 0.412 e. The van der Waals surface area contributed by atoms with Gasteiger partial charge in [-0.2, -0.15) is 0 Å². The van der Waals surface area contributed by atoms with Crippen molar-refractivity contribution < 1.29 is 24.5 Å². The molecule has 0 fully saturated rings. The molecule has 0 aliphatic rings. The van der Waals surface area contributed by atoms with E-state index < -0.39 is 23.1 Å². The maximum absolute atomic E-state index is 11.7. The molecule has 0 unspecified atom stereocenters. The van der Waals surface area contributed by atoms with Gasteiger partial charge in [0.15, 0.2) is 0 Å². The number of carboxylic acid groups (broad SMARTS) is 1. The van der Waals surface area contributed by atoms with E-state index in [4.69, 9.17) is 9.84 Å². The third-order valence-electron chi connectivity index (χ3n) is 3.01. The van der Waals surface area contributed by atoms with Gasteiger partial charge in [0, 0.05) is 5.41 Å². The average molecular weight is 309 g/mol. The van der Waals surface area contributed by atoms with E-state index in [1.54, 1.807) is 40.7 Å². The van der Waals surface area contributed by atoms with Crippen LogP contribution in [-0.4, -0.2) is 27.9 Å². The molecule has 0 atom stereocenters. The van der Waals surface area contributed by atoms with Crippen molar-refractivity contribution in [3.05, 3.63) is 23.8 Å². The van der Waals surface area contributed by atoms with Crippen LogP contribution >= 0.6 is 0 Å². The molecule has 6 nitrogen and oxygen atoms in total. The van der Waals surface area contributed by atoms with Crippen molar-refractivity contribution in [3.8, 4) is 5.75 Å². The van der Waals surface area contributed by atoms with Gasteiger partial charge in [-0.05, 0) is 38.5 Å². The fourth-order valence-corrected chi connectivity index (χ4v) is 1.95. The number of carboxylic acids is 1. The number of aromatic hydroxyl groups is 1. The lowest BCUT2D eigenvalue weighted by atomic mass is 9.81. The van der Waals surface area contributed by atoms with Crippen molar-refractivity contribution >= 4 is 17.7 Å². The normalized spacial score (nSPS) is 11.9. The second kappa shape index (κ2) is 6.25. The van der Waals surface area contributed by atoms with Crippen LogP contribution in [0.25, 0.3) is 0 Å². The van der Waals surface area contributed by atoms with Crippen molar-refractivity contribution in [1.82, 2.24) is 0 Å². The monoisotopic (exact) mass is 309 g/mol. The summed E-state index contributed by atoms with van der Waals surface area (Å²) in [4.78, 5) is 22.6. The lowest BCUT2D eigenvalue weighted by molar-refractivity contribution is -0.138. The minimum absolute atomic E-state index is 0.0642. The molecule has 0 aliphatic carbocycles. The molecule has 22 heavy (non-hydrogen) atoms. The summed E-state index contributed by atoms with van der Waals surface area (Å²) in [6, 6.07) is 4.66. The Morgan fingerprint density at radius 2 is 1.77 bits per heavy atom. The van der Waals surface area contributed by atoms with E-state index in [0.29, 0.717) is 5.56 Å². The van der Waals surface area contributed by atoms with E-state index in [-0.39, 0.29) is 17.9 Å². The molecule has 1 aromatic carbocycles. The zero-order valence-corrected chi connectivity index (χ0v) is 13.6. The third-order valence-corrected chi connectivity index (χ3v) is 3.01. The number of aliphatic carboxylic acids is 1. The second-order valence-electron chi connectivity index (χ2n) is 6.81. The van der Waals surface area contributed by atoms with Crippen LogP contribution in [0.2, 0.25) is 0 Å². The van der Waals surface area contributed by atoms with Crippen LogP contribution in [0, 0.1) is 0 Å². The summed E-state index contributed by atoms with van der Waals surface area (Å²) in [5.41, 5.74) is -0.386. The van der Waals surface area contributed by atoms with Gasteiger partial charge in [-0.15, -0.1) is 0 Å². The summed E-state index contributed by atoms with van der Waals surface area (Å²) in [7, 11) is 0. The molecule has 1 aromatic rings. The van der Waals surface area contributed by atoms with Gasteiger partial charge in [-0.1, -0.05) is 19.9 Å². The van der Waals surface area contributed by atoms with E-state index >= 15 is 0 Å². The number of phenolic OH excluding ortho intramolecular Hbond substituents is 1. The fourth-order valence-electron chi connectivity index (χ4n) is 1.95. The molecular formula is C16H23NO5. The first-order valence-electron chi connectivity index (χ1n) is 6.96. The molecule has 0 heterocycles. The Morgan fingerprint density at radius 1 is 1.18 bits per heavy atom. The van der Waals surface area contributed by atoms with Crippen LogP contribution < -0.4 is 5.32 Å². The molecule has 6 heteroatoms. The number of carbonyl (C=O) groups is 2. The van der Waals surface area contributed by atoms with E-state index in [1.807, 2.05) is 0 Å². The summed E-state index contributed by atoms with van der Waals surface area (Å²) >= 11 is 0. The Hall–Kier alpha value is -2.24. The Balaban J connectivity index is 2.91. The number of ether oxygens (including phenoxy) is 1. The zero-order chi connectivity index (χ0) is 17.1. The highest BCUT2D eigenvalue weighted by Gasteiger charge is 2.25. The van der Waals surface area contributed by atoms with Gasteiger partial charge in [-0.25, -0.2) is 4.79 Å². The van der Waals surface area contributed by atoms with Gasteiger partial charge >= 0.3 is 12.1 Å². The third kappa shape index (κ3) is 5.27. The van der Waals surface area contributed by atoms with Gasteiger partial charge in [0.2, 0.25) is 0 Å². The molecule has 0 saturated heterocycles. The number of hydrogen-bond donors (Lipinski definition) is 3. The zero-order valence-electron chi connectivity index (χ0n) is 13.6. The van der Waals surface area contributed by atoms with Crippen LogP contribution in [0.1, 0.15) is 46.6 Å². The summed E-state index contributed by atoms with van der Waals surface area (Å²) in [5.74, 6) is -1.05. The molecule has 0 aliphatic heterocycles. The highest BCUT2D eigenvalue weighted by molar-refractivity contribution is 5.87. The largest absolute Gasteiger partial charge is 0.506 e. The predicted octanol–water partition coefficient (Wildman–Crippen LogP) is 3.49. The number of benzene rings is 1. The first-order chi connectivity index (χ1) is 9.90. The smallest absolute Gasteiger partial charge is 0.412 e.